The highest BCUT2D eigenvalue weighted by atomic mass is 16.3. The molecule has 1 aliphatic heterocycles. The molecule has 2 rings (SSSR count). The van der Waals surface area contributed by atoms with Crippen LogP contribution in [-0.2, 0) is 6.42 Å². The molecule has 102 valence electrons. The second-order valence-corrected chi connectivity index (χ2v) is 5.46. The molecule has 4 heteroatoms. The fourth-order valence-electron chi connectivity index (χ4n) is 2.56. The van der Waals surface area contributed by atoms with Crippen LogP contribution in [0.25, 0.3) is 0 Å². The lowest BCUT2D eigenvalue weighted by molar-refractivity contribution is 0.157. The van der Waals surface area contributed by atoms with E-state index in [0.717, 1.165) is 31.1 Å². The first-order chi connectivity index (χ1) is 8.70. The van der Waals surface area contributed by atoms with E-state index in [1.165, 1.54) is 19.4 Å². The van der Waals surface area contributed by atoms with Crippen LogP contribution in [0.5, 0.6) is 0 Å². The van der Waals surface area contributed by atoms with Gasteiger partial charge in [-0.05, 0) is 40.3 Å². The zero-order chi connectivity index (χ0) is 13.0. The maximum absolute atomic E-state index is 5.66. The smallest absolute Gasteiger partial charge is 0.198 e. The largest absolute Gasteiger partial charge is 0.448 e. The van der Waals surface area contributed by atoms with Gasteiger partial charge in [-0.15, -0.1) is 0 Å². The van der Waals surface area contributed by atoms with Gasteiger partial charge in [-0.1, -0.05) is 0 Å². The number of hydrogen-bond donors (Lipinski definition) is 1. The number of aromatic nitrogens is 1. The molecular weight excluding hydrogens is 226 g/mol. The lowest BCUT2D eigenvalue weighted by Gasteiger charge is -2.34. The van der Waals surface area contributed by atoms with Gasteiger partial charge in [0.25, 0.3) is 0 Å². The molecule has 1 unspecified atom stereocenters. The summed E-state index contributed by atoms with van der Waals surface area (Å²) in [4.78, 5) is 7.15. The van der Waals surface area contributed by atoms with Crippen molar-refractivity contribution in [2.75, 3.05) is 26.7 Å². The number of nitrogens with one attached hydrogen (secondary N) is 1. The topological polar surface area (TPSA) is 41.3 Å². The molecule has 2 heterocycles. The number of oxazole rings is 1. The third kappa shape index (κ3) is 3.33. The van der Waals surface area contributed by atoms with Crippen molar-refractivity contribution in [3.8, 4) is 0 Å². The summed E-state index contributed by atoms with van der Waals surface area (Å²) in [6, 6.07) is 0.617. The first-order valence-corrected chi connectivity index (χ1v) is 7.03. The van der Waals surface area contributed by atoms with E-state index in [9.17, 15) is 0 Å². The van der Waals surface area contributed by atoms with Crippen LogP contribution in [0.3, 0.4) is 0 Å². The molecule has 4 nitrogen and oxygen atoms in total. The van der Waals surface area contributed by atoms with Gasteiger partial charge < -0.3 is 14.6 Å². The van der Waals surface area contributed by atoms with Gasteiger partial charge in [0.15, 0.2) is 5.89 Å². The molecular formula is C14H25N3O. The maximum atomic E-state index is 5.66. The molecule has 1 fully saturated rings. The van der Waals surface area contributed by atoms with Crippen molar-refractivity contribution < 1.29 is 4.42 Å². The molecule has 1 aromatic rings. The lowest BCUT2D eigenvalue weighted by atomic mass is 9.97. The predicted octanol–water partition coefficient (Wildman–Crippen LogP) is 2.02. The van der Waals surface area contributed by atoms with Gasteiger partial charge in [-0.25, -0.2) is 4.98 Å². The molecule has 0 radical (unpaired) electrons. The number of hydrogen-bond acceptors (Lipinski definition) is 4. The molecule has 1 aliphatic rings. The van der Waals surface area contributed by atoms with E-state index in [4.69, 9.17) is 4.42 Å². The summed E-state index contributed by atoms with van der Waals surface area (Å²) >= 11 is 0. The van der Waals surface area contributed by atoms with Gasteiger partial charge in [0.05, 0.1) is 5.69 Å². The molecule has 18 heavy (non-hydrogen) atoms. The van der Waals surface area contributed by atoms with E-state index in [1.807, 2.05) is 13.3 Å². The third-order valence-corrected chi connectivity index (χ3v) is 3.73. The standard InChI is InChI=1S/C14H25N3O/c1-11(2)17-8-4-5-12(9-17)14-16-13(10-18-14)6-7-15-3/h10-12,15H,4-9H2,1-3H3. The summed E-state index contributed by atoms with van der Waals surface area (Å²) in [5, 5.41) is 3.14. The Balaban J connectivity index is 1.95. The van der Waals surface area contributed by atoms with E-state index >= 15 is 0 Å². The van der Waals surface area contributed by atoms with E-state index in [2.05, 4.69) is 29.0 Å². The fraction of sp³-hybridized carbons (Fsp3) is 0.786. The van der Waals surface area contributed by atoms with Gasteiger partial charge >= 0.3 is 0 Å². The molecule has 0 aromatic carbocycles. The number of rotatable bonds is 5. The van der Waals surface area contributed by atoms with Crippen LogP contribution in [0.1, 0.15) is 44.2 Å². The highest BCUT2D eigenvalue weighted by molar-refractivity contribution is 5.03. The van der Waals surface area contributed by atoms with Gasteiger partial charge in [0.1, 0.15) is 6.26 Å². The van der Waals surface area contributed by atoms with Crippen molar-refractivity contribution >= 4 is 0 Å². The normalized spacial score (nSPS) is 21.7. The first-order valence-electron chi connectivity index (χ1n) is 7.03. The highest BCUT2D eigenvalue weighted by Crippen LogP contribution is 2.27. The van der Waals surface area contributed by atoms with E-state index in [-0.39, 0.29) is 0 Å². The second kappa shape index (κ2) is 6.34. The molecule has 1 atom stereocenters. The molecule has 0 saturated carbocycles. The summed E-state index contributed by atoms with van der Waals surface area (Å²) in [5.41, 5.74) is 1.07. The monoisotopic (exact) mass is 251 g/mol. The Morgan fingerprint density at radius 2 is 2.39 bits per heavy atom. The SMILES string of the molecule is CNCCc1coc(C2CCCN(C(C)C)C2)n1. The zero-order valence-electron chi connectivity index (χ0n) is 11.8. The Labute approximate surface area is 110 Å². The lowest BCUT2D eigenvalue weighted by Crippen LogP contribution is -2.39. The Kier molecular flexibility index (Phi) is 4.78. The molecule has 0 spiro atoms. The van der Waals surface area contributed by atoms with Crippen molar-refractivity contribution in [3.63, 3.8) is 0 Å². The number of piperidine rings is 1. The van der Waals surface area contributed by atoms with Gasteiger partial charge in [0, 0.05) is 31.5 Å². The third-order valence-electron chi connectivity index (χ3n) is 3.73. The van der Waals surface area contributed by atoms with Gasteiger partial charge in [0.2, 0.25) is 0 Å². The van der Waals surface area contributed by atoms with Crippen LogP contribution in [0.4, 0.5) is 0 Å². The van der Waals surface area contributed by atoms with Crippen LogP contribution in [0.15, 0.2) is 10.7 Å². The number of likely N-dealkylation sites (tertiary alicyclic amines) is 1. The van der Waals surface area contributed by atoms with E-state index < -0.39 is 0 Å². The summed E-state index contributed by atoms with van der Waals surface area (Å²) in [5.74, 6) is 1.41. The maximum Gasteiger partial charge on any atom is 0.198 e. The highest BCUT2D eigenvalue weighted by Gasteiger charge is 2.26. The van der Waals surface area contributed by atoms with Crippen molar-refractivity contribution in [2.24, 2.45) is 0 Å². The summed E-state index contributed by atoms with van der Waals surface area (Å²) in [7, 11) is 1.96. The molecule has 0 amide bonds. The minimum Gasteiger partial charge on any atom is -0.448 e. The van der Waals surface area contributed by atoms with Crippen LogP contribution in [0.2, 0.25) is 0 Å². The fourth-order valence-corrected chi connectivity index (χ4v) is 2.56. The predicted molar refractivity (Wildman–Crippen MR) is 72.8 cm³/mol. The Hall–Kier alpha value is -0.870. The summed E-state index contributed by atoms with van der Waals surface area (Å²) in [6.45, 7) is 7.77. The van der Waals surface area contributed by atoms with Crippen molar-refractivity contribution in [1.29, 1.82) is 0 Å². The van der Waals surface area contributed by atoms with Crippen LogP contribution >= 0.6 is 0 Å². The Morgan fingerprint density at radius 3 is 3.11 bits per heavy atom. The Morgan fingerprint density at radius 1 is 1.56 bits per heavy atom. The molecule has 0 bridgehead atoms. The summed E-state index contributed by atoms with van der Waals surface area (Å²) in [6.07, 6.45) is 5.22. The van der Waals surface area contributed by atoms with Gasteiger partial charge in [-0.2, -0.15) is 0 Å². The van der Waals surface area contributed by atoms with E-state index in [1.54, 1.807) is 0 Å². The van der Waals surface area contributed by atoms with Crippen LogP contribution in [-0.4, -0.2) is 42.6 Å². The molecule has 1 N–H and O–H groups in total. The number of likely N-dealkylation sites (N-methyl/N-ethyl adjacent to an activating group) is 1. The zero-order valence-corrected chi connectivity index (χ0v) is 11.8. The Bertz CT molecular complexity index is 362. The molecule has 0 aliphatic carbocycles. The number of nitrogens with zero attached hydrogens (tertiary/aromatic N) is 2. The summed E-state index contributed by atoms with van der Waals surface area (Å²) < 4.78 is 5.66. The van der Waals surface area contributed by atoms with Crippen molar-refractivity contribution in [1.82, 2.24) is 15.2 Å². The molecule has 1 saturated heterocycles. The quantitative estimate of drug-likeness (QED) is 0.869. The van der Waals surface area contributed by atoms with Crippen molar-refractivity contribution in [2.45, 2.75) is 45.1 Å². The van der Waals surface area contributed by atoms with Gasteiger partial charge in [-0.3, -0.25) is 0 Å². The average molecular weight is 251 g/mol. The average Bonchev–Trinajstić information content (AvgIpc) is 2.85. The first kappa shape index (κ1) is 13.6. The minimum atomic E-state index is 0.476. The second-order valence-electron chi connectivity index (χ2n) is 5.46. The van der Waals surface area contributed by atoms with Crippen LogP contribution < -0.4 is 5.32 Å². The van der Waals surface area contributed by atoms with Crippen LogP contribution in [0, 0.1) is 0 Å². The minimum absolute atomic E-state index is 0.476. The van der Waals surface area contributed by atoms with Crippen molar-refractivity contribution in [3.05, 3.63) is 17.8 Å². The molecule has 1 aromatic heterocycles. The van der Waals surface area contributed by atoms with E-state index in [0.29, 0.717) is 12.0 Å².